The molecule has 0 bridgehead atoms. The molecule has 3 heteroatoms. The Hall–Kier alpha value is -1.80. The zero-order chi connectivity index (χ0) is 14.8. The van der Waals surface area contributed by atoms with E-state index in [1.807, 2.05) is 36.4 Å². The average molecular weight is 288 g/mol. The molecule has 2 aromatic carbocycles. The summed E-state index contributed by atoms with van der Waals surface area (Å²) in [6, 6.07) is 13.1. The van der Waals surface area contributed by atoms with Crippen molar-refractivity contribution in [3.63, 3.8) is 0 Å². The van der Waals surface area contributed by atoms with E-state index >= 15 is 0 Å². The normalized spacial score (nSPS) is 12.0. The zero-order valence-corrected chi connectivity index (χ0v) is 12.6. The van der Waals surface area contributed by atoms with Gasteiger partial charge in [-0.25, -0.2) is 0 Å². The summed E-state index contributed by atoms with van der Waals surface area (Å²) in [6.07, 6.45) is 1.64. The van der Waals surface area contributed by atoms with Gasteiger partial charge in [-0.2, -0.15) is 0 Å². The summed E-state index contributed by atoms with van der Waals surface area (Å²) in [5, 5.41) is 10.9. The van der Waals surface area contributed by atoms with Gasteiger partial charge in [-0.1, -0.05) is 56.6 Å². The number of hydrogen-bond acceptors (Lipinski definition) is 2. The van der Waals surface area contributed by atoms with Crippen molar-refractivity contribution in [1.82, 2.24) is 0 Å². The number of aliphatic imine (C=N–C) groups is 1. The second-order valence-electron chi connectivity index (χ2n) is 5.70. The van der Waals surface area contributed by atoms with E-state index < -0.39 is 0 Å². The third kappa shape index (κ3) is 3.20. The molecule has 0 amide bonds. The van der Waals surface area contributed by atoms with Crippen molar-refractivity contribution in [1.29, 1.82) is 0 Å². The number of halogens is 1. The molecule has 104 valence electrons. The maximum absolute atomic E-state index is 10.3. The molecule has 0 aliphatic carbocycles. The molecule has 2 aromatic rings. The Morgan fingerprint density at radius 2 is 1.75 bits per heavy atom. The summed E-state index contributed by atoms with van der Waals surface area (Å²) >= 11 is 6.06. The lowest BCUT2D eigenvalue weighted by molar-refractivity contribution is 0.446. The molecule has 0 aliphatic rings. The first-order valence-electron chi connectivity index (χ1n) is 6.50. The van der Waals surface area contributed by atoms with Crippen LogP contribution in [0.2, 0.25) is 5.02 Å². The van der Waals surface area contributed by atoms with Crippen LogP contribution in [0.25, 0.3) is 0 Å². The Morgan fingerprint density at radius 1 is 1.05 bits per heavy atom. The number of nitrogens with zero attached hydrogens (tertiary/aromatic N) is 1. The van der Waals surface area contributed by atoms with E-state index in [1.165, 1.54) is 0 Å². The summed E-state index contributed by atoms with van der Waals surface area (Å²) in [4.78, 5) is 4.34. The fraction of sp³-hybridized carbons (Fsp3) is 0.235. The molecular formula is C17H18ClNO. The van der Waals surface area contributed by atoms with Gasteiger partial charge in [0.2, 0.25) is 0 Å². The van der Waals surface area contributed by atoms with Gasteiger partial charge in [0, 0.05) is 11.8 Å². The van der Waals surface area contributed by atoms with E-state index in [0.29, 0.717) is 16.3 Å². The van der Waals surface area contributed by atoms with Gasteiger partial charge < -0.3 is 5.11 Å². The molecule has 2 rings (SSSR count). The van der Waals surface area contributed by atoms with Crippen molar-refractivity contribution in [3.05, 3.63) is 58.6 Å². The predicted molar refractivity (Wildman–Crippen MR) is 85.5 cm³/mol. The monoisotopic (exact) mass is 287 g/mol. The van der Waals surface area contributed by atoms with Crippen LogP contribution in [0.15, 0.2) is 47.5 Å². The van der Waals surface area contributed by atoms with Crippen LogP contribution in [-0.2, 0) is 5.41 Å². The van der Waals surface area contributed by atoms with Gasteiger partial charge in [-0.05, 0) is 29.2 Å². The molecule has 1 N–H and O–H groups in total. The fourth-order valence-electron chi connectivity index (χ4n) is 1.97. The van der Waals surface area contributed by atoms with Crippen LogP contribution in [0.4, 0.5) is 5.69 Å². The second-order valence-corrected chi connectivity index (χ2v) is 6.11. The number of hydrogen-bond donors (Lipinski definition) is 1. The molecule has 0 aromatic heterocycles. The Morgan fingerprint density at radius 3 is 2.40 bits per heavy atom. The first-order chi connectivity index (χ1) is 9.39. The van der Waals surface area contributed by atoms with Crippen LogP contribution >= 0.6 is 11.6 Å². The maximum atomic E-state index is 10.3. The summed E-state index contributed by atoms with van der Waals surface area (Å²) in [5.74, 6) is 0.274. The lowest BCUT2D eigenvalue weighted by Gasteiger charge is -2.21. The summed E-state index contributed by atoms with van der Waals surface area (Å²) < 4.78 is 0. The highest BCUT2D eigenvalue weighted by Crippen LogP contribution is 2.32. The Balaban J connectivity index is 2.38. The van der Waals surface area contributed by atoms with Crippen LogP contribution < -0.4 is 0 Å². The summed E-state index contributed by atoms with van der Waals surface area (Å²) in [6.45, 7) is 6.20. The maximum Gasteiger partial charge on any atom is 0.128 e. The molecule has 0 radical (unpaired) electrons. The molecule has 0 fully saturated rings. The average Bonchev–Trinajstić information content (AvgIpc) is 2.38. The lowest BCUT2D eigenvalue weighted by atomic mass is 9.85. The van der Waals surface area contributed by atoms with Crippen molar-refractivity contribution in [2.24, 2.45) is 4.99 Å². The highest BCUT2D eigenvalue weighted by molar-refractivity contribution is 6.33. The van der Waals surface area contributed by atoms with Crippen LogP contribution in [0.1, 0.15) is 31.9 Å². The fourth-order valence-corrected chi connectivity index (χ4v) is 2.15. The minimum Gasteiger partial charge on any atom is -0.507 e. The lowest BCUT2D eigenvalue weighted by Crippen LogP contribution is -2.11. The van der Waals surface area contributed by atoms with Crippen molar-refractivity contribution in [2.45, 2.75) is 26.2 Å². The van der Waals surface area contributed by atoms with Gasteiger partial charge in [-0.3, -0.25) is 4.99 Å². The van der Waals surface area contributed by atoms with E-state index in [9.17, 15) is 5.11 Å². The van der Waals surface area contributed by atoms with E-state index in [2.05, 4.69) is 25.8 Å². The summed E-state index contributed by atoms with van der Waals surface area (Å²) in [7, 11) is 0. The predicted octanol–water partition coefficient (Wildman–Crippen LogP) is 5.09. The molecule has 0 spiro atoms. The quantitative estimate of drug-likeness (QED) is 0.766. The van der Waals surface area contributed by atoms with E-state index in [1.54, 1.807) is 12.3 Å². The third-order valence-corrected chi connectivity index (χ3v) is 3.39. The van der Waals surface area contributed by atoms with Crippen molar-refractivity contribution >= 4 is 23.5 Å². The van der Waals surface area contributed by atoms with Gasteiger partial charge in [0.1, 0.15) is 5.75 Å². The van der Waals surface area contributed by atoms with E-state index in [4.69, 9.17) is 11.6 Å². The minimum atomic E-state index is -0.113. The molecular weight excluding hydrogens is 270 g/mol. The van der Waals surface area contributed by atoms with Gasteiger partial charge in [-0.15, -0.1) is 0 Å². The highest BCUT2D eigenvalue weighted by Gasteiger charge is 2.19. The number of phenolic OH excluding ortho intramolecular Hbond substituents is 1. The van der Waals surface area contributed by atoms with Crippen LogP contribution in [0.5, 0.6) is 5.75 Å². The van der Waals surface area contributed by atoms with Crippen LogP contribution in [-0.4, -0.2) is 11.3 Å². The van der Waals surface area contributed by atoms with Gasteiger partial charge in [0.05, 0.1) is 10.7 Å². The molecule has 0 saturated heterocycles. The minimum absolute atomic E-state index is 0.113. The van der Waals surface area contributed by atoms with E-state index in [-0.39, 0.29) is 11.2 Å². The highest BCUT2D eigenvalue weighted by atomic mass is 35.5. The Kier molecular flexibility index (Phi) is 4.15. The topological polar surface area (TPSA) is 32.6 Å². The molecule has 0 aliphatic heterocycles. The van der Waals surface area contributed by atoms with Crippen molar-refractivity contribution in [2.75, 3.05) is 0 Å². The van der Waals surface area contributed by atoms with Crippen LogP contribution in [0.3, 0.4) is 0 Å². The molecule has 0 unspecified atom stereocenters. The molecule has 2 nitrogen and oxygen atoms in total. The number of phenols is 1. The smallest absolute Gasteiger partial charge is 0.128 e. The molecule has 0 heterocycles. The molecule has 20 heavy (non-hydrogen) atoms. The van der Waals surface area contributed by atoms with Gasteiger partial charge >= 0.3 is 0 Å². The number of aromatic hydroxyl groups is 1. The number of rotatable bonds is 2. The first-order valence-corrected chi connectivity index (χ1v) is 6.88. The second kappa shape index (κ2) is 5.68. The van der Waals surface area contributed by atoms with Gasteiger partial charge in [0.25, 0.3) is 0 Å². The standard InChI is InChI=1S/C17H18ClNO/c1-17(2,3)13-8-6-7-12(16(13)20)11-19-15-10-5-4-9-14(15)18/h4-11,20H,1-3H3. The molecule has 0 atom stereocenters. The van der Waals surface area contributed by atoms with Crippen molar-refractivity contribution < 1.29 is 5.11 Å². The van der Waals surface area contributed by atoms with Crippen LogP contribution in [0, 0.1) is 0 Å². The Labute approximate surface area is 124 Å². The first kappa shape index (κ1) is 14.6. The largest absolute Gasteiger partial charge is 0.507 e. The zero-order valence-electron chi connectivity index (χ0n) is 11.9. The molecule has 0 saturated carbocycles. The SMILES string of the molecule is CC(C)(C)c1cccc(C=Nc2ccccc2Cl)c1O. The van der Waals surface area contributed by atoms with Gasteiger partial charge in [0.15, 0.2) is 0 Å². The summed E-state index contributed by atoms with van der Waals surface area (Å²) in [5.41, 5.74) is 2.17. The third-order valence-electron chi connectivity index (χ3n) is 3.07. The number of benzene rings is 2. The number of para-hydroxylation sites is 2. The van der Waals surface area contributed by atoms with Crippen molar-refractivity contribution in [3.8, 4) is 5.75 Å². The van der Waals surface area contributed by atoms with E-state index in [0.717, 1.165) is 5.56 Å². The Bertz CT molecular complexity index is 642.